The Labute approximate surface area is 247 Å². The van der Waals surface area contributed by atoms with Crippen molar-refractivity contribution in [2.45, 2.75) is 60.3 Å². The van der Waals surface area contributed by atoms with Crippen molar-refractivity contribution in [1.29, 1.82) is 0 Å². The van der Waals surface area contributed by atoms with Crippen LogP contribution in [0.4, 0.5) is 0 Å². The van der Waals surface area contributed by atoms with Gasteiger partial charge < -0.3 is 5.32 Å². The molecule has 4 aromatic rings. The van der Waals surface area contributed by atoms with Crippen molar-refractivity contribution in [3.8, 4) is 0 Å². The minimum Gasteiger partial charge on any atom is -0.315 e. The predicted molar refractivity (Wildman–Crippen MR) is 172 cm³/mol. The van der Waals surface area contributed by atoms with Gasteiger partial charge in [-0.1, -0.05) is 119 Å². The highest BCUT2D eigenvalue weighted by molar-refractivity contribution is 5.25. The Balaban J connectivity index is 1.25. The Kier molecular flexibility index (Phi) is 12.1. The van der Waals surface area contributed by atoms with Gasteiger partial charge in [0.1, 0.15) is 0 Å². The lowest BCUT2D eigenvalue weighted by atomic mass is 10.1. The van der Waals surface area contributed by atoms with Gasteiger partial charge in [0.05, 0.1) is 6.61 Å². The van der Waals surface area contributed by atoms with E-state index in [-0.39, 0.29) is 0 Å². The van der Waals surface area contributed by atoms with Gasteiger partial charge in [-0.15, -0.1) is 0 Å². The van der Waals surface area contributed by atoms with Crippen LogP contribution in [0.2, 0.25) is 0 Å². The highest BCUT2D eigenvalue weighted by atomic mass is 16.7. The van der Waals surface area contributed by atoms with Gasteiger partial charge in [-0.05, 0) is 62.9 Å². The van der Waals surface area contributed by atoms with E-state index in [1.807, 2.05) is 0 Å². The lowest BCUT2D eigenvalue weighted by Crippen LogP contribution is -2.32. The molecule has 0 aliphatic carbocycles. The van der Waals surface area contributed by atoms with Crippen molar-refractivity contribution in [1.82, 2.24) is 15.3 Å². The zero-order valence-corrected chi connectivity index (χ0v) is 25.4. The summed E-state index contributed by atoms with van der Waals surface area (Å²) in [4.78, 5) is 8.86. The zero-order valence-electron chi connectivity index (χ0n) is 25.4. The normalized spacial score (nSPS) is 11.5. The van der Waals surface area contributed by atoms with Crippen molar-refractivity contribution >= 4 is 0 Å². The fourth-order valence-electron chi connectivity index (χ4n) is 5.28. The summed E-state index contributed by atoms with van der Waals surface area (Å²) in [6.07, 6.45) is 0.966. The number of aryl methyl sites for hydroxylation is 4. The summed E-state index contributed by atoms with van der Waals surface area (Å²) in [5.41, 5.74) is 10.5. The molecule has 0 aliphatic rings. The Morgan fingerprint density at radius 1 is 0.537 bits per heavy atom. The molecule has 0 atom stereocenters. The van der Waals surface area contributed by atoms with E-state index in [0.29, 0.717) is 6.61 Å². The van der Waals surface area contributed by atoms with Gasteiger partial charge in [0.2, 0.25) is 0 Å². The molecule has 0 spiro atoms. The molecule has 0 amide bonds. The Bertz CT molecular complexity index is 1150. The van der Waals surface area contributed by atoms with Crippen LogP contribution in [-0.4, -0.2) is 36.2 Å². The Hall–Kier alpha value is -3.28. The summed E-state index contributed by atoms with van der Waals surface area (Å²) in [7, 11) is 0. The van der Waals surface area contributed by atoms with Gasteiger partial charge in [-0.25, -0.2) is 0 Å². The summed E-state index contributed by atoms with van der Waals surface area (Å²) in [5.74, 6) is 0. The minimum atomic E-state index is 0.695. The van der Waals surface area contributed by atoms with Crippen molar-refractivity contribution in [3.63, 3.8) is 0 Å². The lowest BCUT2D eigenvalue weighted by Gasteiger charge is -2.24. The van der Waals surface area contributed by atoms with E-state index in [0.717, 1.165) is 52.2 Å². The van der Waals surface area contributed by atoms with Crippen LogP contribution in [0.3, 0.4) is 0 Å². The molecule has 0 aromatic heterocycles. The number of nitrogens with one attached hydrogen (secondary N) is 1. The van der Waals surface area contributed by atoms with Gasteiger partial charge in [-0.2, -0.15) is 5.06 Å². The molecule has 41 heavy (non-hydrogen) atoms. The lowest BCUT2D eigenvalue weighted by molar-refractivity contribution is -0.174. The van der Waals surface area contributed by atoms with E-state index in [4.69, 9.17) is 4.84 Å². The molecule has 0 saturated carbocycles. The minimum absolute atomic E-state index is 0.695. The van der Waals surface area contributed by atoms with Crippen molar-refractivity contribution < 1.29 is 4.84 Å². The third kappa shape index (κ3) is 11.3. The number of nitrogens with zero attached hydrogens (tertiary/aromatic N) is 2. The molecule has 0 heterocycles. The fraction of sp³-hybridized carbons (Fsp3) is 0.351. The van der Waals surface area contributed by atoms with Crippen molar-refractivity contribution in [2.24, 2.45) is 0 Å². The molecule has 4 nitrogen and oxygen atoms in total. The molecule has 0 fully saturated rings. The standard InChI is InChI=1S/C37H47N3O/c1-30-10-5-14-34(22-30)26-39(27-35-15-6-11-31(2)23-35)20-19-38-18-9-21-41-40(28-36-16-7-12-32(3)24-36)29-37-17-8-13-33(4)25-37/h5-8,10-17,22-25,38H,9,18-21,26-29H2,1-4H3. The maximum absolute atomic E-state index is 6.32. The molecule has 0 bridgehead atoms. The second-order valence-electron chi connectivity index (χ2n) is 11.4. The molecular formula is C37H47N3O. The quantitative estimate of drug-likeness (QED) is 0.115. The van der Waals surface area contributed by atoms with Crippen molar-refractivity contribution in [2.75, 3.05) is 26.2 Å². The smallest absolute Gasteiger partial charge is 0.0697 e. The summed E-state index contributed by atoms with van der Waals surface area (Å²) < 4.78 is 0. The van der Waals surface area contributed by atoms with Crippen LogP contribution >= 0.6 is 0 Å². The van der Waals surface area contributed by atoms with Gasteiger partial charge in [-0.3, -0.25) is 9.74 Å². The molecule has 0 saturated heterocycles. The zero-order chi connectivity index (χ0) is 28.9. The highest BCUT2D eigenvalue weighted by Gasteiger charge is 2.10. The van der Waals surface area contributed by atoms with Gasteiger partial charge >= 0.3 is 0 Å². The maximum Gasteiger partial charge on any atom is 0.0697 e. The van der Waals surface area contributed by atoms with E-state index >= 15 is 0 Å². The first-order chi connectivity index (χ1) is 19.9. The number of hydrogen-bond acceptors (Lipinski definition) is 4. The van der Waals surface area contributed by atoms with Gasteiger partial charge in [0.25, 0.3) is 0 Å². The van der Waals surface area contributed by atoms with Crippen LogP contribution in [0.25, 0.3) is 0 Å². The maximum atomic E-state index is 6.32. The summed E-state index contributed by atoms with van der Waals surface area (Å²) >= 11 is 0. The van der Waals surface area contributed by atoms with E-state index < -0.39 is 0 Å². The monoisotopic (exact) mass is 549 g/mol. The summed E-state index contributed by atoms with van der Waals surface area (Å²) in [6.45, 7) is 15.7. The van der Waals surface area contributed by atoms with E-state index in [2.05, 4.69) is 140 Å². The largest absolute Gasteiger partial charge is 0.315 e. The number of hydrogen-bond donors (Lipinski definition) is 1. The first-order valence-corrected chi connectivity index (χ1v) is 15.0. The molecule has 0 unspecified atom stereocenters. The Morgan fingerprint density at radius 2 is 0.951 bits per heavy atom. The third-order valence-corrected chi connectivity index (χ3v) is 7.24. The molecule has 0 aliphatic heterocycles. The van der Waals surface area contributed by atoms with E-state index in [9.17, 15) is 0 Å². The number of hydroxylamine groups is 2. The molecule has 216 valence electrons. The van der Waals surface area contributed by atoms with Crippen LogP contribution < -0.4 is 5.32 Å². The molecule has 4 rings (SSSR count). The number of benzene rings is 4. The SMILES string of the molecule is Cc1cccc(CN(CCNCCCON(Cc2cccc(C)c2)Cc2cccc(C)c2)Cc2cccc(C)c2)c1. The molecule has 4 aromatic carbocycles. The second-order valence-corrected chi connectivity index (χ2v) is 11.4. The third-order valence-electron chi connectivity index (χ3n) is 7.24. The summed E-state index contributed by atoms with van der Waals surface area (Å²) in [6, 6.07) is 35.1. The second kappa shape index (κ2) is 16.2. The molecule has 1 N–H and O–H groups in total. The topological polar surface area (TPSA) is 27.7 Å². The van der Waals surface area contributed by atoms with Crippen LogP contribution in [0, 0.1) is 27.7 Å². The van der Waals surface area contributed by atoms with Gasteiger partial charge in [0.15, 0.2) is 0 Å². The molecule has 4 heteroatoms. The average molecular weight is 550 g/mol. The highest BCUT2D eigenvalue weighted by Crippen LogP contribution is 2.15. The molecular weight excluding hydrogens is 502 g/mol. The van der Waals surface area contributed by atoms with Crippen LogP contribution in [0.1, 0.15) is 50.9 Å². The van der Waals surface area contributed by atoms with Gasteiger partial charge in [0, 0.05) is 39.3 Å². The van der Waals surface area contributed by atoms with Crippen LogP contribution in [0.5, 0.6) is 0 Å². The molecule has 0 radical (unpaired) electrons. The first kappa shape index (κ1) is 30.7. The first-order valence-electron chi connectivity index (χ1n) is 15.0. The van der Waals surface area contributed by atoms with Crippen molar-refractivity contribution in [3.05, 3.63) is 142 Å². The van der Waals surface area contributed by atoms with Crippen LogP contribution in [-0.2, 0) is 31.0 Å². The van der Waals surface area contributed by atoms with E-state index in [1.165, 1.54) is 44.5 Å². The average Bonchev–Trinajstić information content (AvgIpc) is 2.92. The predicted octanol–water partition coefficient (Wildman–Crippen LogP) is 7.54. The van der Waals surface area contributed by atoms with Crippen LogP contribution in [0.15, 0.2) is 97.1 Å². The fourth-order valence-corrected chi connectivity index (χ4v) is 5.28. The van der Waals surface area contributed by atoms with E-state index in [1.54, 1.807) is 0 Å². The Morgan fingerprint density at radius 3 is 1.37 bits per heavy atom. The summed E-state index contributed by atoms with van der Waals surface area (Å²) in [5, 5.41) is 5.76. The number of rotatable bonds is 16.